The minimum Gasteiger partial charge on any atom is -0.462 e. The molecule has 0 spiro atoms. The Balaban J connectivity index is 2.12. The van der Waals surface area contributed by atoms with Crippen molar-refractivity contribution in [1.29, 1.82) is 0 Å². The van der Waals surface area contributed by atoms with Crippen LogP contribution in [0.5, 0.6) is 0 Å². The number of benzene rings is 1. The molecule has 1 amide bonds. The van der Waals surface area contributed by atoms with E-state index in [1.54, 1.807) is 11.0 Å². The molecule has 0 radical (unpaired) electrons. The first-order valence-corrected chi connectivity index (χ1v) is 13.7. The van der Waals surface area contributed by atoms with Gasteiger partial charge in [-0.1, -0.05) is 45.4 Å². The van der Waals surface area contributed by atoms with E-state index < -0.39 is 16.0 Å². The number of amides is 1. The molecular formula is C24H32N2O5S2. The number of rotatable bonds is 10. The highest BCUT2D eigenvalue weighted by Gasteiger charge is 2.31. The minimum absolute atomic E-state index is 0.0324. The number of ether oxygens (including phenoxy) is 1. The number of unbranched alkanes of at least 4 members (excludes halogenated alkanes) is 1. The van der Waals surface area contributed by atoms with E-state index >= 15 is 0 Å². The summed E-state index contributed by atoms with van der Waals surface area (Å²) in [5, 5.41) is 5.60. The second-order valence-electron chi connectivity index (χ2n) is 8.81. The van der Waals surface area contributed by atoms with Crippen molar-refractivity contribution in [3.63, 3.8) is 0 Å². The van der Waals surface area contributed by atoms with Crippen molar-refractivity contribution in [2.24, 2.45) is 11.1 Å². The second-order valence-corrected chi connectivity index (χ2v) is 11.7. The van der Waals surface area contributed by atoms with Gasteiger partial charge in [0.05, 0.1) is 12.2 Å². The van der Waals surface area contributed by atoms with Crippen molar-refractivity contribution >= 4 is 33.2 Å². The van der Waals surface area contributed by atoms with Gasteiger partial charge in [-0.25, -0.2) is 18.4 Å². The molecule has 0 aliphatic carbocycles. The van der Waals surface area contributed by atoms with Crippen LogP contribution < -0.4 is 5.14 Å². The van der Waals surface area contributed by atoms with Gasteiger partial charge >= 0.3 is 5.97 Å². The van der Waals surface area contributed by atoms with Gasteiger partial charge in [0.1, 0.15) is 4.21 Å². The van der Waals surface area contributed by atoms with Crippen LogP contribution in [0.25, 0.3) is 11.1 Å². The Morgan fingerprint density at radius 3 is 2.67 bits per heavy atom. The summed E-state index contributed by atoms with van der Waals surface area (Å²) in [6, 6.07) is 7.31. The fraction of sp³-hybridized carbons (Fsp3) is 0.500. The number of hydrogen-bond donors (Lipinski definition) is 1. The van der Waals surface area contributed by atoms with Crippen LogP contribution in [0, 0.1) is 5.92 Å². The van der Waals surface area contributed by atoms with Crippen LogP contribution in [0.2, 0.25) is 0 Å². The average Bonchev–Trinajstić information content (AvgIpc) is 3.31. The highest BCUT2D eigenvalue weighted by Crippen LogP contribution is 2.41. The summed E-state index contributed by atoms with van der Waals surface area (Å²) in [7, 11) is -4.08. The molecule has 0 saturated carbocycles. The Morgan fingerprint density at radius 2 is 2.06 bits per heavy atom. The lowest BCUT2D eigenvalue weighted by molar-refractivity contribution is -0.128. The molecule has 33 heavy (non-hydrogen) atoms. The first kappa shape index (κ1) is 25.4. The lowest BCUT2D eigenvalue weighted by Crippen LogP contribution is -2.23. The third-order valence-corrected chi connectivity index (χ3v) is 8.17. The minimum atomic E-state index is -4.08. The van der Waals surface area contributed by atoms with Gasteiger partial charge in [0.25, 0.3) is 0 Å². The highest BCUT2D eigenvalue weighted by atomic mass is 32.2. The third kappa shape index (κ3) is 6.22. The molecule has 1 aromatic heterocycles. The molecule has 1 aliphatic heterocycles. The van der Waals surface area contributed by atoms with Crippen LogP contribution in [0.15, 0.2) is 28.5 Å². The molecule has 0 bridgehead atoms. The van der Waals surface area contributed by atoms with Crippen LogP contribution in [0.3, 0.4) is 0 Å². The van der Waals surface area contributed by atoms with Crippen LogP contribution >= 0.6 is 11.3 Å². The van der Waals surface area contributed by atoms with Crippen molar-refractivity contribution in [1.82, 2.24) is 4.90 Å². The molecular weight excluding hydrogens is 460 g/mol. The lowest BCUT2D eigenvalue weighted by Gasteiger charge is -2.16. The Morgan fingerprint density at radius 1 is 1.30 bits per heavy atom. The Kier molecular flexibility index (Phi) is 8.31. The first-order chi connectivity index (χ1) is 15.6. The summed E-state index contributed by atoms with van der Waals surface area (Å²) in [4.78, 5) is 27.7. The fourth-order valence-corrected chi connectivity index (χ4v) is 6.47. The van der Waals surface area contributed by atoms with E-state index in [-0.39, 0.29) is 28.2 Å². The van der Waals surface area contributed by atoms with Gasteiger partial charge in [-0.05, 0) is 42.4 Å². The molecule has 2 aromatic rings. The number of primary sulfonamides is 1. The summed E-state index contributed by atoms with van der Waals surface area (Å²) >= 11 is 1.04. The molecule has 1 fully saturated rings. The summed E-state index contributed by atoms with van der Waals surface area (Å²) < 4.78 is 30.6. The summed E-state index contributed by atoms with van der Waals surface area (Å²) in [5.74, 6) is -0.208. The van der Waals surface area contributed by atoms with Crippen LogP contribution in [0.1, 0.15) is 67.3 Å². The zero-order valence-corrected chi connectivity index (χ0v) is 21.1. The number of sulfonamides is 1. The van der Waals surface area contributed by atoms with E-state index in [2.05, 4.69) is 0 Å². The molecule has 1 saturated heterocycles. The number of carbonyl (C=O) groups is 2. The van der Waals surface area contributed by atoms with E-state index in [4.69, 9.17) is 9.88 Å². The van der Waals surface area contributed by atoms with Crippen molar-refractivity contribution in [3.8, 4) is 11.1 Å². The highest BCUT2D eigenvalue weighted by molar-refractivity contribution is 7.91. The molecule has 7 nitrogen and oxygen atoms in total. The van der Waals surface area contributed by atoms with E-state index in [1.807, 2.05) is 39.0 Å². The number of nitrogens with zero attached hydrogens (tertiary/aromatic N) is 1. The zero-order chi connectivity index (χ0) is 24.2. The number of hydrogen-bond acceptors (Lipinski definition) is 6. The maximum atomic E-state index is 13.2. The fourth-order valence-electron chi connectivity index (χ4n) is 3.95. The molecule has 1 aromatic carbocycles. The average molecular weight is 493 g/mol. The van der Waals surface area contributed by atoms with Crippen molar-refractivity contribution in [2.45, 2.75) is 63.6 Å². The smallest absolute Gasteiger partial charge is 0.339 e. The van der Waals surface area contributed by atoms with Crippen molar-refractivity contribution < 1.29 is 22.7 Å². The Hall–Kier alpha value is -2.23. The second kappa shape index (κ2) is 10.8. The Bertz CT molecular complexity index is 1120. The molecule has 180 valence electrons. The molecule has 0 unspecified atom stereocenters. The molecule has 2 N–H and O–H groups in total. The SMILES string of the molecule is CCCCOC(=O)c1c(CC(C)C)sc(S(N)(=O)=O)c1-c1cccc(CN2CCCC2=O)c1. The predicted octanol–water partition coefficient (Wildman–Crippen LogP) is 4.34. The van der Waals surface area contributed by atoms with Gasteiger partial charge in [0.15, 0.2) is 0 Å². The molecule has 1 aliphatic rings. The zero-order valence-electron chi connectivity index (χ0n) is 19.4. The predicted molar refractivity (Wildman–Crippen MR) is 130 cm³/mol. The van der Waals surface area contributed by atoms with Crippen molar-refractivity contribution in [2.75, 3.05) is 13.2 Å². The standard InChI is InChI=1S/C24H32N2O5S2/c1-4-5-12-31-23(28)22-19(13-16(2)3)32-24(33(25,29)30)21(22)18-9-6-8-17(14-18)15-26-11-7-10-20(26)27/h6,8-9,14,16H,4-5,7,10-13,15H2,1-3H3,(H2,25,29,30). The van der Waals surface area contributed by atoms with E-state index in [0.717, 1.165) is 36.2 Å². The third-order valence-electron chi connectivity index (χ3n) is 5.50. The van der Waals surface area contributed by atoms with E-state index in [1.165, 1.54) is 0 Å². The quantitative estimate of drug-likeness (QED) is 0.392. The molecule has 2 heterocycles. The maximum absolute atomic E-state index is 13.2. The maximum Gasteiger partial charge on any atom is 0.339 e. The van der Waals surface area contributed by atoms with Gasteiger partial charge < -0.3 is 9.64 Å². The van der Waals surface area contributed by atoms with Gasteiger partial charge in [-0.2, -0.15) is 0 Å². The summed E-state index contributed by atoms with van der Waals surface area (Å²) in [5.41, 5.74) is 2.03. The van der Waals surface area contributed by atoms with E-state index in [9.17, 15) is 18.0 Å². The first-order valence-electron chi connectivity index (χ1n) is 11.3. The summed E-state index contributed by atoms with van der Waals surface area (Å²) in [6.45, 7) is 7.44. The van der Waals surface area contributed by atoms with Crippen LogP contribution in [-0.4, -0.2) is 38.3 Å². The number of esters is 1. The van der Waals surface area contributed by atoms with Gasteiger partial charge in [0.2, 0.25) is 15.9 Å². The number of nitrogens with two attached hydrogens (primary N) is 1. The molecule has 3 rings (SSSR count). The number of carbonyl (C=O) groups excluding carboxylic acids is 2. The van der Waals surface area contributed by atoms with Gasteiger partial charge in [-0.15, -0.1) is 11.3 Å². The van der Waals surface area contributed by atoms with Crippen LogP contribution in [-0.2, 0) is 32.5 Å². The molecule has 0 atom stereocenters. The van der Waals surface area contributed by atoms with Gasteiger partial charge in [0, 0.05) is 30.0 Å². The van der Waals surface area contributed by atoms with Gasteiger partial charge in [-0.3, -0.25) is 4.79 Å². The van der Waals surface area contributed by atoms with Crippen LogP contribution in [0.4, 0.5) is 0 Å². The number of likely N-dealkylation sites (tertiary alicyclic amines) is 1. The number of thiophene rings is 1. The summed E-state index contributed by atoms with van der Waals surface area (Å²) in [6.07, 6.45) is 3.53. The van der Waals surface area contributed by atoms with Crippen molar-refractivity contribution in [3.05, 3.63) is 40.3 Å². The topological polar surface area (TPSA) is 107 Å². The largest absolute Gasteiger partial charge is 0.462 e. The molecule has 9 heteroatoms. The normalized spacial score (nSPS) is 14.3. The monoisotopic (exact) mass is 492 g/mol. The Labute approximate surface area is 200 Å². The van der Waals surface area contributed by atoms with E-state index in [0.29, 0.717) is 41.9 Å². The lowest BCUT2D eigenvalue weighted by atomic mass is 9.98.